The van der Waals surface area contributed by atoms with Gasteiger partial charge in [-0.25, -0.2) is 4.39 Å². The Labute approximate surface area is 123 Å². The standard InChI is InChI=1S/C16H19FN2O2/c1-15(2)10-16(15,11-4-6-12(17)7-5-11)14-18-13(19-21-14)8-9-20-3/h4-7H,8-10H2,1-3H3. The lowest BCUT2D eigenvalue weighted by Gasteiger charge is -2.16. The van der Waals surface area contributed by atoms with Crippen LogP contribution < -0.4 is 0 Å². The molecule has 1 aliphatic rings. The Balaban J connectivity index is 1.95. The molecule has 21 heavy (non-hydrogen) atoms. The van der Waals surface area contributed by atoms with Crippen LogP contribution in [-0.4, -0.2) is 23.9 Å². The molecule has 1 heterocycles. The van der Waals surface area contributed by atoms with E-state index in [4.69, 9.17) is 9.26 Å². The molecule has 0 amide bonds. The van der Waals surface area contributed by atoms with E-state index in [1.165, 1.54) is 12.1 Å². The minimum absolute atomic E-state index is 0.0237. The molecule has 5 heteroatoms. The molecule has 1 fully saturated rings. The molecule has 1 aromatic carbocycles. The quantitative estimate of drug-likeness (QED) is 0.849. The lowest BCUT2D eigenvalue weighted by atomic mass is 9.87. The van der Waals surface area contributed by atoms with Crippen molar-refractivity contribution in [3.05, 3.63) is 47.4 Å². The van der Waals surface area contributed by atoms with E-state index in [1.54, 1.807) is 7.11 Å². The molecule has 0 spiro atoms. The second-order valence-corrected chi connectivity index (χ2v) is 6.23. The van der Waals surface area contributed by atoms with Gasteiger partial charge in [-0.2, -0.15) is 4.98 Å². The second-order valence-electron chi connectivity index (χ2n) is 6.23. The minimum Gasteiger partial charge on any atom is -0.384 e. The predicted octanol–water partition coefficient (Wildman–Crippen LogP) is 3.11. The summed E-state index contributed by atoms with van der Waals surface area (Å²) in [6.07, 6.45) is 1.54. The number of hydrogen-bond acceptors (Lipinski definition) is 4. The van der Waals surface area contributed by atoms with Crippen LogP contribution in [0.15, 0.2) is 28.8 Å². The van der Waals surface area contributed by atoms with Crippen molar-refractivity contribution in [2.45, 2.75) is 32.1 Å². The summed E-state index contributed by atoms with van der Waals surface area (Å²) in [5.74, 6) is 1.03. The average molecular weight is 290 g/mol. The summed E-state index contributed by atoms with van der Waals surface area (Å²) in [5, 5.41) is 4.03. The Bertz CT molecular complexity index is 636. The molecule has 1 aromatic heterocycles. The highest BCUT2D eigenvalue weighted by molar-refractivity contribution is 5.43. The first-order valence-corrected chi connectivity index (χ1v) is 7.08. The fourth-order valence-electron chi connectivity index (χ4n) is 3.06. The second kappa shape index (κ2) is 4.91. The third-order valence-corrected chi connectivity index (χ3v) is 4.44. The topological polar surface area (TPSA) is 48.2 Å². The normalized spacial score (nSPS) is 23.2. The molecule has 3 rings (SSSR count). The highest BCUT2D eigenvalue weighted by Crippen LogP contribution is 2.67. The zero-order chi connectivity index (χ0) is 15.1. The van der Waals surface area contributed by atoms with Gasteiger partial charge in [-0.1, -0.05) is 31.1 Å². The van der Waals surface area contributed by atoms with Crippen molar-refractivity contribution in [3.8, 4) is 0 Å². The SMILES string of the molecule is COCCc1noc(C2(c3ccc(F)cc3)CC2(C)C)n1. The van der Waals surface area contributed by atoms with Gasteiger partial charge in [-0.3, -0.25) is 0 Å². The van der Waals surface area contributed by atoms with Gasteiger partial charge in [0.05, 0.1) is 12.0 Å². The van der Waals surface area contributed by atoms with Gasteiger partial charge < -0.3 is 9.26 Å². The first-order valence-electron chi connectivity index (χ1n) is 7.08. The first-order chi connectivity index (χ1) is 9.99. The summed E-state index contributed by atoms with van der Waals surface area (Å²) in [5.41, 5.74) is 0.741. The largest absolute Gasteiger partial charge is 0.384 e. The molecule has 0 saturated heterocycles. The molecule has 0 N–H and O–H groups in total. The van der Waals surface area contributed by atoms with Crippen molar-refractivity contribution >= 4 is 0 Å². The van der Waals surface area contributed by atoms with E-state index in [0.717, 1.165) is 12.0 Å². The van der Waals surface area contributed by atoms with Gasteiger partial charge in [0.1, 0.15) is 5.82 Å². The van der Waals surface area contributed by atoms with Gasteiger partial charge in [0.2, 0.25) is 5.89 Å². The average Bonchev–Trinajstić information content (AvgIpc) is 2.84. The van der Waals surface area contributed by atoms with Gasteiger partial charge in [0.15, 0.2) is 5.82 Å². The molecule has 1 aliphatic carbocycles. The summed E-state index contributed by atoms with van der Waals surface area (Å²) in [4.78, 5) is 4.52. The lowest BCUT2D eigenvalue weighted by molar-refractivity contribution is 0.199. The Morgan fingerprint density at radius 1 is 1.29 bits per heavy atom. The number of ether oxygens (including phenoxy) is 1. The fourth-order valence-corrected chi connectivity index (χ4v) is 3.06. The van der Waals surface area contributed by atoms with Gasteiger partial charge in [-0.05, 0) is 29.5 Å². The third kappa shape index (κ3) is 2.25. The van der Waals surface area contributed by atoms with Crippen LogP contribution in [0.2, 0.25) is 0 Å². The number of methoxy groups -OCH3 is 1. The molecule has 4 nitrogen and oxygen atoms in total. The third-order valence-electron chi connectivity index (χ3n) is 4.44. The summed E-state index contributed by atoms with van der Waals surface area (Å²) in [6.45, 7) is 4.89. The number of halogens is 1. The van der Waals surface area contributed by atoms with Crippen LogP contribution in [0.1, 0.15) is 37.5 Å². The fraction of sp³-hybridized carbons (Fsp3) is 0.500. The maximum Gasteiger partial charge on any atom is 0.237 e. The first kappa shape index (κ1) is 14.2. The number of aromatic nitrogens is 2. The van der Waals surface area contributed by atoms with E-state index >= 15 is 0 Å². The molecular weight excluding hydrogens is 271 g/mol. The maximum atomic E-state index is 13.2. The van der Waals surface area contributed by atoms with Gasteiger partial charge in [0.25, 0.3) is 0 Å². The minimum atomic E-state index is -0.307. The monoisotopic (exact) mass is 290 g/mol. The maximum absolute atomic E-state index is 13.2. The summed E-state index contributed by atoms with van der Waals surface area (Å²) >= 11 is 0. The zero-order valence-corrected chi connectivity index (χ0v) is 12.5. The Kier molecular flexibility index (Phi) is 3.32. The molecule has 2 aromatic rings. The van der Waals surface area contributed by atoms with Crippen molar-refractivity contribution < 1.29 is 13.7 Å². The Morgan fingerprint density at radius 3 is 2.52 bits per heavy atom. The van der Waals surface area contributed by atoms with Crippen LogP contribution in [0.4, 0.5) is 4.39 Å². The summed E-state index contributed by atoms with van der Waals surface area (Å²) in [7, 11) is 1.64. The predicted molar refractivity (Wildman–Crippen MR) is 75.5 cm³/mol. The van der Waals surface area contributed by atoms with Crippen LogP contribution in [0.5, 0.6) is 0 Å². The highest BCUT2D eigenvalue weighted by atomic mass is 19.1. The number of benzene rings is 1. The Hall–Kier alpha value is -1.75. The molecule has 1 atom stereocenters. The molecule has 112 valence electrons. The van der Waals surface area contributed by atoms with Crippen molar-refractivity contribution in [2.24, 2.45) is 5.41 Å². The van der Waals surface area contributed by atoms with Gasteiger partial charge >= 0.3 is 0 Å². The van der Waals surface area contributed by atoms with Crippen LogP contribution in [0.3, 0.4) is 0 Å². The lowest BCUT2D eigenvalue weighted by Crippen LogP contribution is -2.17. The molecule has 1 unspecified atom stereocenters. The summed E-state index contributed by atoms with van der Waals surface area (Å²) in [6, 6.07) is 6.58. The van der Waals surface area contributed by atoms with E-state index in [9.17, 15) is 4.39 Å². The molecular formula is C16H19FN2O2. The van der Waals surface area contributed by atoms with Gasteiger partial charge in [0, 0.05) is 13.5 Å². The van der Waals surface area contributed by atoms with E-state index < -0.39 is 0 Å². The van der Waals surface area contributed by atoms with Crippen LogP contribution >= 0.6 is 0 Å². The van der Waals surface area contributed by atoms with Gasteiger partial charge in [-0.15, -0.1) is 0 Å². The highest BCUT2D eigenvalue weighted by Gasteiger charge is 2.66. The molecule has 0 bridgehead atoms. The van der Waals surface area contributed by atoms with E-state index in [2.05, 4.69) is 24.0 Å². The van der Waals surface area contributed by atoms with Crippen molar-refractivity contribution in [3.63, 3.8) is 0 Å². The van der Waals surface area contributed by atoms with E-state index in [0.29, 0.717) is 24.7 Å². The van der Waals surface area contributed by atoms with Crippen molar-refractivity contribution in [1.29, 1.82) is 0 Å². The zero-order valence-electron chi connectivity index (χ0n) is 12.5. The van der Waals surface area contributed by atoms with Crippen molar-refractivity contribution in [1.82, 2.24) is 10.1 Å². The number of rotatable bonds is 5. The van der Waals surface area contributed by atoms with Crippen LogP contribution in [-0.2, 0) is 16.6 Å². The number of nitrogens with zero attached hydrogens (tertiary/aromatic N) is 2. The smallest absolute Gasteiger partial charge is 0.237 e. The molecule has 0 radical (unpaired) electrons. The summed E-state index contributed by atoms with van der Waals surface area (Å²) < 4.78 is 23.7. The molecule has 0 aliphatic heterocycles. The Morgan fingerprint density at radius 2 is 1.95 bits per heavy atom. The van der Waals surface area contributed by atoms with Crippen molar-refractivity contribution in [2.75, 3.05) is 13.7 Å². The number of hydrogen-bond donors (Lipinski definition) is 0. The van der Waals surface area contributed by atoms with Crippen LogP contribution in [0.25, 0.3) is 0 Å². The van der Waals surface area contributed by atoms with E-state index in [-0.39, 0.29) is 16.6 Å². The molecule has 1 saturated carbocycles. The van der Waals surface area contributed by atoms with Crippen LogP contribution in [0, 0.1) is 11.2 Å². The van der Waals surface area contributed by atoms with E-state index in [1.807, 2.05) is 12.1 Å².